The van der Waals surface area contributed by atoms with Crippen molar-refractivity contribution in [2.45, 2.75) is 33.0 Å². The summed E-state index contributed by atoms with van der Waals surface area (Å²) in [5.74, 6) is -0.201. The van der Waals surface area contributed by atoms with E-state index in [1.54, 1.807) is 23.5 Å². The van der Waals surface area contributed by atoms with Crippen LogP contribution in [0.3, 0.4) is 0 Å². The minimum atomic E-state index is -0.201. The first-order valence-electron chi connectivity index (χ1n) is 6.68. The number of aromatic nitrogens is 1. The van der Waals surface area contributed by atoms with Crippen molar-refractivity contribution in [2.75, 3.05) is 11.9 Å². The molecule has 108 valence electrons. The first-order chi connectivity index (χ1) is 9.54. The predicted molar refractivity (Wildman–Crippen MR) is 82.6 cm³/mol. The number of halogens is 1. The van der Waals surface area contributed by atoms with Crippen LogP contribution in [0.15, 0.2) is 29.6 Å². The summed E-state index contributed by atoms with van der Waals surface area (Å²) in [6.07, 6.45) is 0. The average Bonchev–Trinajstić information content (AvgIpc) is 2.88. The van der Waals surface area contributed by atoms with Gasteiger partial charge in [-0.05, 0) is 17.7 Å². The third kappa shape index (κ3) is 4.28. The summed E-state index contributed by atoms with van der Waals surface area (Å²) in [4.78, 5) is 6.68. The second-order valence-corrected chi connectivity index (χ2v) is 5.98. The molecule has 3 nitrogen and oxygen atoms in total. The summed E-state index contributed by atoms with van der Waals surface area (Å²) >= 11 is 1.63. The molecule has 0 aliphatic heterocycles. The average molecular weight is 293 g/mol. The van der Waals surface area contributed by atoms with Gasteiger partial charge in [0.25, 0.3) is 0 Å². The Bertz CT molecular complexity index is 536. The van der Waals surface area contributed by atoms with Crippen molar-refractivity contribution in [2.24, 2.45) is 0 Å². The summed E-state index contributed by atoms with van der Waals surface area (Å²) < 4.78 is 12.9. The molecule has 20 heavy (non-hydrogen) atoms. The van der Waals surface area contributed by atoms with Crippen molar-refractivity contribution in [3.05, 3.63) is 46.7 Å². The largest absolute Gasteiger partial charge is 0.347 e. The second-order valence-electron chi connectivity index (χ2n) is 5.14. The van der Waals surface area contributed by atoms with Crippen molar-refractivity contribution in [1.82, 2.24) is 10.3 Å². The Balaban J connectivity index is 1.95. The second kappa shape index (κ2) is 6.81. The van der Waals surface area contributed by atoms with Crippen LogP contribution in [0.2, 0.25) is 0 Å². The lowest BCUT2D eigenvalue weighted by Crippen LogP contribution is -2.22. The Morgan fingerprint density at radius 3 is 2.65 bits per heavy atom. The Kier molecular flexibility index (Phi) is 5.09. The lowest BCUT2D eigenvalue weighted by atomic mass is 10.2. The van der Waals surface area contributed by atoms with Crippen molar-refractivity contribution in [3.63, 3.8) is 0 Å². The van der Waals surface area contributed by atoms with Crippen LogP contribution in [0.25, 0.3) is 0 Å². The van der Waals surface area contributed by atoms with Crippen LogP contribution in [-0.2, 0) is 13.1 Å². The Morgan fingerprint density at radius 1 is 1.30 bits per heavy atom. The molecule has 1 heterocycles. The summed E-state index contributed by atoms with van der Waals surface area (Å²) in [6, 6.07) is 7.05. The van der Waals surface area contributed by atoms with E-state index in [0.29, 0.717) is 6.04 Å². The molecule has 0 fully saturated rings. The van der Waals surface area contributed by atoms with Gasteiger partial charge in [0.15, 0.2) is 5.13 Å². The summed E-state index contributed by atoms with van der Waals surface area (Å²) in [5.41, 5.74) is 2.13. The van der Waals surface area contributed by atoms with E-state index in [1.165, 1.54) is 12.1 Å². The first-order valence-corrected chi connectivity index (χ1v) is 7.56. The van der Waals surface area contributed by atoms with Gasteiger partial charge in [0.1, 0.15) is 5.82 Å². The fourth-order valence-corrected chi connectivity index (χ4v) is 2.58. The molecule has 1 N–H and O–H groups in total. The quantitative estimate of drug-likeness (QED) is 0.884. The molecule has 0 atom stereocenters. The first kappa shape index (κ1) is 14.9. The van der Waals surface area contributed by atoms with E-state index >= 15 is 0 Å². The molecule has 0 spiro atoms. The van der Waals surface area contributed by atoms with E-state index in [1.807, 2.05) is 7.05 Å². The number of hydrogen-bond donors (Lipinski definition) is 1. The van der Waals surface area contributed by atoms with Gasteiger partial charge in [0, 0.05) is 31.6 Å². The van der Waals surface area contributed by atoms with Crippen LogP contribution < -0.4 is 10.2 Å². The van der Waals surface area contributed by atoms with Gasteiger partial charge in [-0.3, -0.25) is 0 Å². The van der Waals surface area contributed by atoms with Crippen molar-refractivity contribution < 1.29 is 4.39 Å². The highest BCUT2D eigenvalue weighted by molar-refractivity contribution is 7.13. The Hall–Kier alpha value is -1.46. The molecule has 2 aromatic rings. The standard InChI is InChI=1S/C15H20FN3S/c1-11(2)17-8-14-10-20-15(18-14)19(3)9-12-4-6-13(16)7-5-12/h4-7,10-11,17H,8-9H2,1-3H3. The molecule has 0 bridgehead atoms. The Labute approximate surface area is 123 Å². The van der Waals surface area contributed by atoms with Crippen LogP contribution in [0.1, 0.15) is 25.1 Å². The lowest BCUT2D eigenvalue weighted by molar-refractivity contribution is 0.583. The molecule has 0 saturated carbocycles. The minimum Gasteiger partial charge on any atom is -0.347 e. The van der Waals surface area contributed by atoms with Gasteiger partial charge in [-0.25, -0.2) is 9.37 Å². The SMILES string of the molecule is CC(C)NCc1csc(N(C)Cc2ccc(F)cc2)n1. The summed E-state index contributed by atoms with van der Waals surface area (Å²) in [5, 5.41) is 6.41. The van der Waals surface area contributed by atoms with Gasteiger partial charge in [0.05, 0.1) is 5.69 Å². The van der Waals surface area contributed by atoms with Gasteiger partial charge in [-0.15, -0.1) is 11.3 Å². The van der Waals surface area contributed by atoms with E-state index in [9.17, 15) is 4.39 Å². The molecular formula is C15H20FN3S. The van der Waals surface area contributed by atoms with Gasteiger partial charge in [-0.1, -0.05) is 26.0 Å². The fourth-order valence-electron chi connectivity index (χ4n) is 1.79. The van der Waals surface area contributed by atoms with E-state index in [-0.39, 0.29) is 5.82 Å². The van der Waals surface area contributed by atoms with Gasteiger partial charge in [0.2, 0.25) is 0 Å². The molecule has 1 aromatic carbocycles. The van der Waals surface area contributed by atoms with Crippen LogP contribution in [0.4, 0.5) is 9.52 Å². The number of benzene rings is 1. The highest BCUT2D eigenvalue weighted by atomic mass is 32.1. The molecule has 0 aliphatic rings. The maximum atomic E-state index is 12.9. The number of anilines is 1. The van der Waals surface area contributed by atoms with Crippen molar-refractivity contribution in [1.29, 1.82) is 0 Å². The summed E-state index contributed by atoms with van der Waals surface area (Å²) in [7, 11) is 2.00. The van der Waals surface area contributed by atoms with Crippen molar-refractivity contribution >= 4 is 16.5 Å². The molecule has 0 unspecified atom stereocenters. The molecule has 0 radical (unpaired) electrons. The molecule has 0 amide bonds. The summed E-state index contributed by atoms with van der Waals surface area (Å²) in [6.45, 7) is 5.76. The van der Waals surface area contributed by atoms with E-state index < -0.39 is 0 Å². The van der Waals surface area contributed by atoms with Crippen LogP contribution in [-0.4, -0.2) is 18.1 Å². The fraction of sp³-hybridized carbons (Fsp3) is 0.400. The zero-order valence-electron chi connectivity index (χ0n) is 12.1. The molecule has 5 heteroatoms. The van der Waals surface area contributed by atoms with E-state index in [0.717, 1.165) is 29.5 Å². The maximum Gasteiger partial charge on any atom is 0.185 e. The minimum absolute atomic E-state index is 0.201. The molecular weight excluding hydrogens is 273 g/mol. The number of thiazole rings is 1. The topological polar surface area (TPSA) is 28.2 Å². The van der Waals surface area contributed by atoms with Crippen molar-refractivity contribution in [3.8, 4) is 0 Å². The molecule has 1 aromatic heterocycles. The maximum absolute atomic E-state index is 12.9. The normalized spacial score (nSPS) is 11.1. The number of nitrogens with zero attached hydrogens (tertiary/aromatic N) is 2. The predicted octanol–water partition coefficient (Wildman–Crippen LogP) is 3.42. The van der Waals surface area contributed by atoms with E-state index in [2.05, 4.69) is 34.4 Å². The van der Waals surface area contributed by atoms with Gasteiger partial charge in [-0.2, -0.15) is 0 Å². The smallest absolute Gasteiger partial charge is 0.185 e. The zero-order chi connectivity index (χ0) is 14.5. The highest BCUT2D eigenvalue weighted by Crippen LogP contribution is 2.21. The van der Waals surface area contributed by atoms with Crippen LogP contribution in [0, 0.1) is 5.82 Å². The Morgan fingerprint density at radius 2 is 2.00 bits per heavy atom. The third-order valence-electron chi connectivity index (χ3n) is 2.89. The third-order valence-corrected chi connectivity index (χ3v) is 3.89. The van der Waals surface area contributed by atoms with Gasteiger partial charge < -0.3 is 10.2 Å². The number of hydrogen-bond acceptors (Lipinski definition) is 4. The van der Waals surface area contributed by atoms with Gasteiger partial charge >= 0.3 is 0 Å². The number of nitrogens with one attached hydrogen (secondary N) is 1. The lowest BCUT2D eigenvalue weighted by Gasteiger charge is -2.15. The highest BCUT2D eigenvalue weighted by Gasteiger charge is 2.08. The molecule has 2 rings (SSSR count). The molecule has 0 aliphatic carbocycles. The zero-order valence-corrected chi connectivity index (χ0v) is 12.9. The van der Waals surface area contributed by atoms with Crippen LogP contribution in [0.5, 0.6) is 0 Å². The number of rotatable bonds is 6. The monoisotopic (exact) mass is 293 g/mol. The molecule has 0 saturated heterocycles. The van der Waals surface area contributed by atoms with Crippen LogP contribution >= 0.6 is 11.3 Å². The van der Waals surface area contributed by atoms with E-state index in [4.69, 9.17) is 0 Å².